The quantitative estimate of drug-likeness (QED) is 0.849. The van der Waals surface area contributed by atoms with Crippen LogP contribution in [-0.2, 0) is 0 Å². The molecule has 110 valence electrons. The molecule has 0 aliphatic rings. The van der Waals surface area contributed by atoms with Crippen LogP contribution in [0.5, 0.6) is 11.5 Å². The Bertz CT molecular complexity index is 657. The molecule has 2 rings (SSSR count). The zero-order valence-corrected chi connectivity index (χ0v) is 11.6. The number of nitrogens with two attached hydrogens (primary N) is 1. The zero-order chi connectivity index (χ0) is 15.4. The second-order valence-electron chi connectivity index (χ2n) is 4.26. The number of anilines is 2. The Morgan fingerprint density at radius 1 is 1.10 bits per heavy atom. The highest BCUT2D eigenvalue weighted by Gasteiger charge is 2.12. The van der Waals surface area contributed by atoms with Gasteiger partial charge in [0, 0.05) is 17.7 Å². The third-order valence-electron chi connectivity index (χ3n) is 2.91. The van der Waals surface area contributed by atoms with Gasteiger partial charge < -0.3 is 20.5 Å². The van der Waals surface area contributed by atoms with Crippen molar-refractivity contribution < 1.29 is 18.7 Å². The fourth-order valence-electron chi connectivity index (χ4n) is 1.80. The second kappa shape index (κ2) is 6.13. The number of benzene rings is 2. The first-order chi connectivity index (χ1) is 10.0. The van der Waals surface area contributed by atoms with Crippen molar-refractivity contribution in [1.29, 1.82) is 0 Å². The Balaban J connectivity index is 2.26. The molecule has 2 aromatic rings. The number of hydrogen-bond donors (Lipinski definition) is 2. The summed E-state index contributed by atoms with van der Waals surface area (Å²) in [6.07, 6.45) is 0. The molecule has 0 heterocycles. The van der Waals surface area contributed by atoms with Gasteiger partial charge in [0.1, 0.15) is 5.82 Å². The first-order valence-electron chi connectivity index (χ1n) is 6.13. The SMILES string of the molecule is COc1cc(N)c(NC(=O)c2ccc(F)cc2)cc1OC. The monoisotopic (exact) mass is 290 g/mol. The molecule has 0 aromatic heterocycles. The van der Waals surface area contributed by atoms with Crippen LogP contribution in [0.3, 0.4) is 0 Å². The van der Waals surface area contributed by atoms with E-state index in [1.807, 2.05) is 0 Å². The number of methoxy groups -OCH3 is 2. The lowest BCUT2D eigenvalue weighted by atomic mass is 10.2. The standard InChI is InChI=1S/C15H15FN2O3/c1-20-13-7-11(17)12(8-14(13)21-2)18-15(19)9-3-5-10(16)6-4-9/h3-8H,17H2,1-2H3,(H,18,19). The number of nitrogens with one attached hydrogen (secondary N) is 1. The number of carbonyl (C=O) groups is 1. The molecule has 1 amide bonds. The van der Waals surface area contributed by atoms with E-state index in [0.29, 0.717) is 28.4 Å². The van der Waals surface area contributed by atoms with Gasteiger partial charge in [-0.3, -0.25) is 4.79 Å². The van der Waals surface area contributed by atoms with E-state index in [9.17, 15) is 9.18 Å². The molecule has 0 saturated carbocycles. The van der Waals surface area contributed by atoms with Crippen LogP contribution in [0.15, 0.2) is 36.4 Å². The number of amides is 1. The lowest BCUT2D eigenvalue weighted by Gasteiger charge is -2.13. The Kier molecular flexibility index (Phi) is 4.27. The maximum Gasteiger partial charge on any atom is 0.255 e. The number of ether oxygens (including phenoxy) is 2. The molecule has 0 bridgehead atoms. The number of rotatable bonds is 4. The normalized spacial score (nSPS) is 10.0. The van der Waals surface area contributed by atoms with Gasteiger partial charge in [-0.05, 0) is 24.3 Å². The molecule has 0 atom stereocenters. The molecule has 5 nitrogen and oxygen atoms in total. The molecule has 0 spiro atoms. The van der Waals surface area contributed by atoms with Gasteiger partial charge in [-0.2, -0.15) is 0 Å². The van der Waals surface area contributed by atoms with Gasteiger partial charge in [0.15, 0.2) is 11.5 Å². The van der Waals surface area contributed by atoms with E-state index in [1.165, 1.54) is 38.5 Å². The number of carbonyl (C=O) groups excluding carboxylic acids is 1. The fraction of sp³-hybridized carbons (Fsp3) is 0.133. The van der Waals surface area contributed by atoms with Crippen LogP contribution in [0.4, 0.5) is 15.8 Å². The maximum atomic E-state index is 12.8. The number of halogens is 1. The molecular weight excluding hydrogens is 275 g/mol. The van der Waals surface area contributed by atoms with Crippen molar-refractivity contribution in [3.8, 4) is 11.5 Å². The van der Waals surface area contributed by atoms with E-state index in [1.54, 1.807) is 12.1 Å². The lowest BCUT2D eigenvalue weighted by molar-refractivity contribution is 0.102. The van der Waals surface area contributed by atoms with E-state index in [4.69, 9.17) is 15.2 Å². The Morgan fingerprint density at radius 2 is 1.67 bits per heavy atom. The first-order valence-corrected chi connectivity index (χ1v) is 6.13. The van der Waals surface area contributed by atoms with Gasteiger partial charge in [-0.15, -0.1) is 0 Å². The fourth-order valence-corrected chi connectivity index (χ4v) is 1.80. The van der Waals surface area contributed by atoms with Crippen LogP contribution in [-0.4, -0.2) is 20.1 Å². The molecule has 0 fully saturated rings. The van der Waals surface area contributed by atoms with Crippen LogP contribution >= 0.6 is 0 Å². The molecule has 3 N–H and O–H groups in total. The topological polar surface area (TPSA) is 73.6 Å². The molecule has 6 heteroatoms. The van der Waals surface area contributed by atoms with Crippen molar-refractivity contribution >= 4 is 17.3 Å². The van der Waals surface area contributed by atoms with Crippen LogP contribution in [0.25, 0.3) is 0 Å². The number of hydrogen-bond acceptors (Lipinski definition) is 4. The third-order valence-corrected chi connectivity index (χ3v) is 2.91. The molecule has 0 aliphatic carbocycles. The second-order valence-corrected chi connectivity index (χ2v) is 4.26. The van der Waals surface area contributed by atoms with Crippen molar-refractivity contribution in [2.75, 3.05) is 25.3 Å². The summed E-state index contributed by atoms with van der Waals surface area (Å²) in [7, 11) is 2.98. The molecule has 0 aliphatic heterocycles. The minimum atomic E-state index is -0.405. The van der Waals surface area contributed by atoms with Crippen LogP contribution < -0.4 is 20.5 Å². The molecule has 2 aromatic carbocycles. The molecule has 0 unspecified atom stereocenters. The summed E-state index contributed by atoms with van der Waals surface area (Å²) in [6, 6.07) is 8.33. The first kappa shape index (κ1) is 14.6. The van der Waals surface area contributed by atoms with Crippen LogP contribution in [0.1, 0.15) is 10.4 Å². The van der Waals surface area contributed by atoms with Crippen molar-refractivity contribution in [3.05, 3.63) is 47.8 Å². The third kappa shape index (κ3) is 3.22. The Hall–Kier alpha value is -2.76. The van der Waals surface area contributed by atoms with Crippen molar-refractivity contribution in [2.24, 2.45) is 0 Å². The highest BCUT2D eigenvalue weighted by atomic mass is 19.1. The number of nitrogen functional groups attached to an aromatic ring is 1. The predicted molar refractivity (Wildman–Crippen MR) is 78.3 cm³/mol. The average molecular weight is 290 g/mol. The summed E-state index contributed by atoms with van der Waals surface area (Å²) < 4.78 is 23.1. The van der Waals surface area contributed by atoms with E-state index < -0.39 is 11.7 Å². The van der Waals surface area contributed by atoms with Crippen LogP contribution in [0.2, 0.25) is 0 Å². The summed E-state index contributed by atoms with van der Waals surface area (Å²) in [5.41, 5.74) is 6.91. The average Bonchev–Trinajstić information content (AvgIpc) is 2.49. The van der Waals surface area contributed by atoms with Gasteiger partial charge in [-0.25, -0.2) is 4.39 Å². The molecule has 0 radical (unpaired) electrons. The van der Waals surface area contributed by atoms with Gasteiger partial charge in [-0.1, -0.05) is 0 Å². The van der Waals surface area contributed by atoms with E-state index in [-0.39, 0.29) is 0 Å². The van der Waals surface area contributed by atoms with E-state index in [2.05, 4.69) is 5.32 Å². The summed E-state index contributed by atoms with van der Waals surface area (Å²) in [5, 5.41) is 2.65. The Labute approximate surface area is 121 Å². The highest BCUT2D eigenvalue weighted by Crippen LogP contribution is 2.34. The molecule has 21 heavy (non-hydrogen) atoms. The maximum absolute atomic E-state index is 12.8. The van der Waals surface area contributed by atoms with Crippen molar-refractivity contribution in [2.45, 2.75) is 0 Å². The predicted octanol–water partition coefficient (Wildman–Crippen LogP) is 2.68. The van der Waals surface area contributed by atoms with E-state index in [0.717, 1.165) is 0 Å². The van der Waals surface area contributed by atoms with Gasteiger partial charge in [0.25, 0.3) is 5.91 Å². The highest BCUT2D eigenvalue weighted by molar-refractivity contribution is 6.06. The molecular formula is C15H15FN2O3. The van der Waals surface area contributed by atoms with Crippen molar-refractivity contribution in [1.82, 2.24) is 0 Å². The van der Waals surface area contributed by atoms with Crippen LogP contribution in [0, 0.1) is 5.82 Å². The van der Waals surface area contributed by atoms with Gasteiger partial charge in [0.05, 0.1) is 25.6 Å². The summed E-state index contributed by atoms with van der Waals surface area (Å²) >= 11 is 0. The Morgan fingerprint density at radius 3 is 2.24 bits per heavy atom. The van der Waals surface area contributed by atoms with Gasteiger partial charge in [0.2, 0.25) is 0 Å². The minimum absolute atomic E-state index is 0.325. The van der Waals surface area contributed by atoms with Crippen molar-refractivity contribution in [3.63, 3.8) is 0 Å². The summed E-state index contributed by atoms with van der Waals surface area (Å²) in [5.74, 6) is 0.113. The minimum Gasteiger partial charge on any atom is -0.493 e. The van der Waals surface area contributed by atoms with E-state index >= 15 is 0 Å². The zero-order valence-electron chi connectivity index (χ0n) is 11.6. The van der Waals surface area contributed by atoms with Gasteiger partial charge >= 0.3 is 0 Å². The summed E-state index contributed by atoms with van der Waals surface area (Å²) in [4.78, 5) is 12.1. The summed E-state index contributed by atoms with van der Waals surface area (Å²) in [6.45, 7) is 0. The smallest absolute Gasteiger partial charge is 0.255 e. The largest absolute Gasteiger partial charge is 0.493 e. The molecule has 0 saturated heterocycles. The lowest BCUT2D eigenvalue weighted by Crippen LogP contribution is -2.13.